The maximum absolute atomic E-state index is 11.3. The van der Waals surface area contributed by atoms with E-state index in [1.165, 1.54) is 6.20 Å². The first kappa shape index (κ1) is 10.2. The summed E-state index contributed by atoms with van der Waals surface area (Å²) in [5, 5.41) is 10.6. The van der Waals surface area contributed by atoms with Gasteiger partial charge in [0.2, 0.25) is 0 Å². The largest absolute Gasteiger partial charge is 0.480 e. The van der Waals surface area contributed by atoms with Gasteiger partial charge in [0.05, 0.1) is 0 Å². The lowest BCUT2D eigenvalue weighted by Crippen LogP contribution is -2.30. The normalized spacial score (nSPS) is 9.50. The van der Waals surface area contributed by atoms with Gasteiger partial charge in [0.15, 0.2) is 0 Å². The molecule has 0 aliphatic rings. The van der Waals surface area contributed by atoms with Crippen LogP contribution in [0.4, 0.5) is 0 Å². The van der Waals surface area contributed by atoms with E-state index in [2.05, 4.69) is 10.3 Å². The third-order valence-corrected chi connectivity index (χ3v) is 1.62. The number of carbonyl (C=O) groups is 2. The zero-order valence-electron chi connectivity index (χ0n) is 7.65. The first-order valence-electron chi connectivity index (χ1n) is 4.03. The molecule has 0 saturated carbocycles. The van der Waals surface area contributed by atoms with Crippen LogP contribution >= 0.6 is 0 Å². The monoisotopic (exact) mass is 194 g/mol. The van der Waals surface area contributed by atoms with E-state index in [-0.39, 0.29) is 5.69 Å². The van der Waals surface area contributed by atoms with Gasteiger partial charge in [-0.05, 0) is 18.6 Å². The van der Waals surface area contributed by atoms with E-state index in [9.17, 15) is 9.59 Å². The minimum atomic E-state index is -1.08. The third-order valence-electron chi connectivity index (χ3n) is 1.62. The van der Waals surface area contributed by atoms with Gasteiger partial charge in [0, 0.05) is 6.20 Å². The Bertz CT molecular complexity index is 363. The quantitative estimate of drug-likeness (QED) is 0.720. The van der Waals surface area contributed by atoms with Gasteiger partial charge in [-0.25, -0.2) is 0 Å². The number of carboxylic acid groups (broad SMARTS) is 1. The molecule has 0 fully saturated rings. The van der Waals surface area contributed by atoms with Crippen LogP contribution in [0.25, 0.3) is 0 Å². The molecule has 0 aliphatic carbocycles. The Labute approximate surface area is 80.8 Å². The van der Waals surface area contributed by atoms with Crippen molar-refractivity contribution >= 4 is 11.9 Å². The molecule has 1 heterocycles. The molecule has 0 atom stereocenters. The fraction of sp³-hybridized carbons (Fsp3) is 0.222. The van der Waals surface area contributed by atoms with Crippen molar-refractivity contribution in [1.29, 1.82) is 0 Å². The van der Waals surface area contributed by atoms with Gasteiger partial charge < -0.3 is 10.4 Å². The summed E-state index contributed by atoms with van der Waals surface area (Å²) in [6, 6.07) is 3.45. The topological polar surface area (TPSA) is 79.3 Å². The van der Waals surface area contributed by atoms with Gasteiger partial charge in [-0.2, -0.15) is 0 Å². The maximum Gasteiger partial charge on any atom is 0.322 e. The smallest absolute Gasteiger partial charge is 0.322 e. The predicted molar refractivity (Wildman–Crippen MR) is 48.9 cm³/mol. The fourth-order valence-electron chi connectivity index (χ4n) is 0.963. The first-order chi connectivity index (χ1) is 6.61. The molecular formula is C9H10N2O3. The van der Waals surface area contributed by atoms with Crippen molar-refractivity contribution < 1.29 is 14.7 Å². The highest BCUT2D eigenvalue weighted by Crippen LogP contribution is 2.01. The highest BCUT2D eigenvalue weighted by molar-refractivity contribution is 5.95. The average Bonchev–Trinajstić information content (AvgIpc) is 2.15. The van der Waals surface area contributed by atoms with Crippen molar-refractivity contribution in [2.75, 3.05) is 6.54 Å². The van der Waals surface area contributed by atoms with Crippen molar-refractivity contribution in [2.45, 2.75) is 6.92 Å². The van der Waals surface area contributed by atoms with E-state index in [0.29, 0.717) is 0 Å². The number of hydrogen-bond acceptors (Lipinski definition) is 3. The van der Waals surface area contributed by atoms with Crippen LogP contribution in [0.2, 0.25) is 0 Å². The lowest BCUT2D eigenvalue weighted by atomic mass is 10.2. The highest BCUT2D eigenvalue weighted by Gasteiger charge is 2.10. The van der Waals surface area contributed by atoms with Crippen molar-refractivity contribution in [3.05, 3.63) is 29.6 Å². The Morgan fingerprint density at radius 3 is 2.86 bits per heavy atom. The minimum absolute atomic E-state index is 0.258. The van der Waals surface area contributed by atoms with E-state index in [4.69, 9.17) is 5.11 Å². The maximum atomic E-state index is 11.3. The van der Waals surface area contributed by atoms with Crippen LogP contribution in [-0.4, -0.2) is 28.5 Å². The summed E-state index contributed by atoms with van der Waals surface area (Å²) in [7, 11) is 0. The van der Waals surface area contributed by atoms with Crippen molar-refractivity contribution in [3.63, 3.8) is 0 Å². The van der Waals surface area contributed by atoms with E-state index in [1.54, 1.807) is 19.1 Å². The summed E-state index contributed by atoms with van der Waals surface area (Å²) in [6.07, 6.45) is 1.49. The summed E-state index contributed by atoms with van der Waals surface area (Å²) in [4.78, 5) is 25.4. The Hall–Kier alpha value is -1.91. The number of aryl methyl sites for hydroxylation is 1. The van der Waals surface area contributed by atoms with Crippen LogP contribution in [0.15, 0.2) is 18.3 Å². The Morgan fingerprint density at radius 1 is 1.57 bits per heavy atom. The predicted octanol–water partition coefficient (Wildman–Crippen LogP) is 0.204. The highest BCUT2D eigenvalue weighted by atomic mass is 16.4. The molecule has 1 rings (SSSR count). The third kappa shape index (κ3) is 2.55. The molecule has 1 amide bonds. The average molecular weight is 194 g/mol. The number of aliphatic carboxylic acids is 1. The molecule has 74 valence electrons. The van der Waals surface area contributed by atoms with Crippen LogP contribution in [-0.2, 0) is 4.79 Å². The van der Waals surface area contributed by atoms with Crippen molar-refractivity contribution in [1.82, 2.24) is 10.3 Å². The molecule has 14 heavy (non-hydrogen) atoms. The number of hydrogen-bond donors (Lipinski definition) is 2. The number of pyridine rings is 1. The molecule has 5 heteroatoms. The summed E-state index contributed by atoms with van der Waals surface area (Å²) in [6.45, 7) is 1.34. The number of nitrogens with zero attached hydrogens (tertiary/aromatic N) is 1. The second kappa shape index (κ2) is 4.36. The van der Waals surface area contributed by atoms with Gasteiger partial charge in [0.1, 0.15) is 12.2 Å². The molecule has 5 nitrogen and oxygen atoms in total. The molecule has 1 aromatic rings. The van der Waals surface area contributed by atoms with Crippen molar-refractivity contribution in [2.24, 2.45) is 0 Å². The minimum Gasteiger partial charge on any atom is -0.480 e. The molecule has 2 N–H and O–H groups in total. The molecule has 0 unspecified atom stereocenters. The summed E-state index contributed by atoms with van der Waals surface area (Å²) >= 11 is 0. The summed E-state index contributed by atoms with van der Waals surface area (Å²) < 4.78 is 0. The Kier molecular flexibility index (Phi) is 3.17. The molecule has 0 aromatic carbocycles. The van der Waals surface area contributed by atoms with Crippen molar-refractivity contribution in [3.8, 4) is 0 Å². The summed E-state index contributed by atoms with van der Waals surface area (Å²) in [5.74, 6) is -1.54. The van der Waals surface area contributed by atoms with E-state index < -0.39 is 18.4 Å². The Balaban J connectivity index is 2.70. The SMILES string of the molecule is Cc1cccnc1C(=O)NCC(=O)O. The second-order valence-corrected chi connectivity index (χ2v) is 2.75. The number of carbonyl (C=O) groups excluding carboxylic acids is 1. The van der Waals surface area contributed by atoms with E-state index in [0.717, 1.165) is 5.56 Å². The van der Waals surface area contributed by atoms with Gasteiger partial charge in [-0.1, -0.05) is 6.07 Å². The van der Waals surface area contributed by atoms with Crippen LogP contribution in [0.1, 0.15) is 16.1 Å². The second-order valence-electron chi connectivity index (χ2n) is 2.75. The zero-order valence-corrected chi connectivity index (χ0v) is 7.65. The summed E-state index contributed by atoms with van der Waals surface area (Å²) in [5.41, 5.74) is 0.976. The number of amides is 1. The molecule has 0 radical (unpaired) electrons. The molecule has 0 spiro atoms. The molecule has 1 aromatic heterocycles. The Morgan fingerprint density at radius 2 is 2.29 bits per heavy atom. The van der Waals surface area contributed by atoms with Gasteiger partial charge >= 0.3 is 5.97 Å². The van der Waals surface area contributed by atoms with Gasteiger partial charge in [0.25, 0.3) is 5.91 Å². The zero-order chi connectivity index (χ0) is 10.6. The number of rotatable bonds is 3. The first-order valence-corrected chi connectivity index (χ1v) is 4.03. The fourth-order valence-corrected chi connectivity index (χ4v) is 0.963. The number of nitrogens with one attached hydrogen (secondary N) is 1. The lowest BCUT2D eigenvalue weighted by Gasteiger charge is -2.03. The number of aromatic nitrogens is 1. The molecule has 0 aliphatic heterocycles. The van der Waals surface area contributed by atoms with Gasteiger partial charge in [-0.3, -0.25) is 14.6 Å². The molecular weight excluding hydrogens is 184 g/mol. The lowest BCUT2D eigenvalue weighted by molar-refractivity contribution is -0.135. The van der Waals surface area contributed by atoms with Crippen LogP contribution in [0, 0.1) is 6.92 Å². The standard InChI is InChI=1S/C9H10N2O3/c1-6-3-2-4-10-8(6)9(14)11-5-7(12)13/h2-4H,5H2,1H3,(H,11,14)(H,12,13). The molecule has 0 bridgehead atoms. The van der Waals surface area contributed by atoms with Gasteiger partial charge in [-0.15, -0.1) is 0 Å². The van der Waals surface area contributed by atoms with Crippen LogP contribution < -0.4 is 5.32 Å². The van der Waals surface area contributed by atoms with Crippen LogP contribution in [0.5, 0.6) is 0 Å². The van der Waals surface area contributed by atoms with E-state index in [1.807, 2.05) is 0 Å². The number of carboxylic acids is 1. The van der Waals surface area contributed by atoms with E-state index >= 15 is 0 Å². The molecule has 0 saturated heterocycles. The van der Waals surface area contributed by atoms with Crippen LogP contribution in [0.3, 0.4) is 0 Å².